The van der Waals surface area contributed by atoms with Gasteiger partial charge in [0, 0.05) is 43.4 Å². The number of hydrazone groups is 1. The SMILES string of the molecule is CC1CC=C(OC[C@H]2CN(c3ccc(-c4ccc(N5CCN(C)C=N5)nc4)c(F)c3)C(=O)O2)C=CO1. The molecule has 4 heterocycles. The lowest BCUT2D eigenvalue weighted by Crippen LogP contribution is -2.35. The predicted molar refractivity (Wildman–Crippen MR) is 134 cm³/mol. The fourth-order valence-electron chi connectivity index (χ4n) is 4.06. The van der Waals surface area contributed by atoms with Crippen LogP contribution in [0.4, 0.5) is 20.7 Å². The molecule has 1 saturated heterocycles. The second kappa shape index (κ2) is 10.3. The van der Waals surface area contributed by atoms with Crippen molar-refractivity contribution < 1.29 is 23.4 Å². The Morgan fingerprint density at radius 3 is 2.86 bits per heavy atom. The van der Waals surface area contributed by atoms with E-state index in [0.29, 0.717) is 28.4 Å². The van der Waals surface area contributed by atoms with E-state index in [9.17, 15) is 4.79 Å². The number of pyridine rings is 1. The fourth-order valence-corrected chi connectivity index (χ4v) is 4.06. The highest BCUT2D eigenvalue weighted by Gasteiger charge is 2.33. The lowest BCUT2D eigenvalue weighted by Gasteiger charge is -2.26. The second-order valence-corrected chi connectivity index (χ2v) is 8.92. The number of cyclic esters (lactones) is 1. The van der Waals surface area contributed by atoms with Gasteiger partial charge >= 0.3 is 6.09 Å². The third-order valence-corrected chi connectivity index (χ3v) is 6.14. The van der Waals surface area contributed by atoms with Crippen LogP contribution in [0.15, 0.2) is 65.8 Å². The number of anilines is 2. The Hall–Kier alpha value is -4.08. The highest BCUT2D eigenvalue weighted by molar-refractivity contribution is 5.90. The van der Waals surface area contributed by atoms with Gasteiger partial charge in [0.1, 0.15) is 30.3 Å². The highest BCUT2D eigenvalue weighted by atomic mass is 19.1. The van der Waals surface area contributed by atoms with E-state index < -0.39 is 18.0 Å². The van der Waals surface area contributed by atoms with Crippen molar-refractivity contribution in [2.75, 3.05) is 43.2 Å². The normalized spacial score (nSPS) is 21.7. The van der Waals surface area contributed by atoms with Gasteiger partial charge in [-0.2, -0.15) is 5.10 Å². The number of amides is 1. The first-order valence-corrected chi connectivity index (χ1v) is 11.9. The van der Waals surface area contributed by atoms with Crippen LogP contribution in [0, 0.1) is 5.82 Å². The van der Waals surface area contributed by atoms with Crippen molar-refractivity contribution in [3.8, 4) is 11.1 Å². The van der Waals surface area contributed by atoms with Crippen LogP contribution in [-0.4, -0.2) is 67.8 Å². The van der Waals surface area contributed by atoms with E-state index in [1.807, 2.05) is 37.1 Å². The molecule has 2 aromatic rings. The second-order valence-electron chi connectivity index (χ2n) is 8.92. The van der Waals surface area contributed by atoms with Gasteiger partial charge in [-0.15, -0.1) is 0 Å². The smallest absolute Gasteiger partial charge is 0.414 e. The molecule has 0 bridgehead atoms. The van der Waals surface area contributed by atoms with Crippen LogP contribution in [0.1, 0.15) is 13.3 Å². The first-order valence-electron chi connectivity index (χ1n) is 11.9. The predicted octanol–water partition coefficient (Wildman–Crippen LogP) is 4.13. The summed E-state index contributed by atoms with van der Waals surface area (Å²) in [6.45, 7) is 4.01. The van der Waals surface area contributed by atoms with Crippen LogP contribution in [0.25, 0.3) is 11.1 Å². The van der Waals surface area contributed by atoms with Crippen LogP contribution >= 0.6 is 0 Å². The van der Waals surface area contributed by atoms with Crippen molar-refractivity contribution in [1.29, 1.82) is 0 Å². The minimum absolute atomic E-state index is 0.0832. The lowest BCUT2D eigenvalue weighted by atomic mass is 10.1. The van der Waals surface area contributed by atoms with Gasteiger partial charge in [0.05, 0.1) is 31.1 Å². The molecule has 10 heteroatoms. The number of carbonyl (C=O) groups is 1. The molecule has 5 rings (SSSR count). The van der Waals surface area contributed by atoms with E-state index in [-0.39, 0.29) is 19.3 Å². The van der Waals surface area contributed by atoms with Gasteiger partial charge in [-0.25, -0.2) is 19.2 Å². The Morgan fingerprint density at radius 2 is 2.11 bits per heavy atom. The van der Waals surface area contributed by atoms with Crippen molar-refractivity contribution in [3.63, 3.8) is 0 Å². The topological polar surface area (TPSA) is 79.7 Å². The van der Waals surface area contributed by atoms with Crippen LogP contribution < -0.4 is 9.91 Å². The summed E-state index contributed by atoms with van der Waals surface area (Å²) in [5.41, 5.74) is 1.46. The van der Waals surface area contributed by atoms with Crippen LogP contribution in [0.5, 0.6) is 0 Å². The molecule has 36 heavy (non-hydrogen) atoms. The maximum Gasteiger partial charge on any atom is 0.414 e. The summed E-state index contributed by atoms with van der Waals surface area (Å²) in [5, 5.41) is 6.15. The van der Waals surface area contributed by atoms with Crippen molar-refractivity contribution >= 4 is 23.9 Å². The number of aromatic nitrogens is 1. The van der Waals surface area contributed by atoms with Crippen molar-refractivity contribution in [2.45, 2.75) is 25.6 Å². The van der Waals surface area contributed by atoms with E-state index in [1.165, 1.54) is 11.0 Å². The van der Waals surface area contributed by atoms with Crippen molar-refractivity contribution in [3.05, 3.63) is 66.5 Å². The maximum atomic E-state index is 15.1. The molecular formula is C26H28FN5O4. The minimum atomic E-state index is -0.531. The molecule has 1 aromatic carbocycles. The monoisotopic (exact) mass is 493 g/mol. The third kappa shape index (κ3) is 5.27. The van der Waals surface area contributed by atoms with Gasteiger partial charge in [-0.05, 0) is 43.3 Å². The minimum Gasteiger partial charge on any atom is -0.498 e. The average molecular weight is 494 g/mol. The van der Waals surface area contributed by atoms with E-state index in [4.69, 9.17) is 14.2 Å². The first kappa shape index (κ1) is 23.7. The molecule has 3 aliphatic heterocycles. The number of hydrogen-bond donors (Lipinski definition) is 0. The molecular weight excluding hydrogens is 465 g/mol. The highest BCUT2D eigenvalue weighted by Crippen LogP contribution is 2.30. The molecule has 1 aromatic heterocycles. The first-order chi connectivity index (χ1) is 17.5. The number of ether oxygens (including phenoxy) is 3. The molecule has 1 unspecified atom stereocenters. The Labute approximate surface area is 209 Å². The van der Waals surface area contributed by atoms with Crippen LogP contribution in [0.2, 0.25) is 0 Å². The molecule has 0 N–H and O–H groups in total. The largest absolute Gasteiger partial charge is 0.498 e. The zero-order chi connectivity index (χ0) is 25.1. The van der Waals surface area contributed by atoms with Crippen LogP contribution in [0.3, 0.4) is 0 Å². The Bertz CT molecular complexity index is 1200. The summed E-state index contributed by atoms with van der Waals surface area (Å²) >= 11 is 0. The average Bonchev–Trinajstić information content (AvgIpc) is 3.13. The lowest BCUT2D eigenvalue weighted by molar-refractivity contribution is 0.0808. The molecule has 3 aliphatic rings. The summed E-state index contributed by atoms with van der Waals surface area (Å²) in [5.74, 6) is 0.920. The van der Waals surface area contributed by atoms with Gasteiger partial charge in [0.25, 0.3) is 0 Å². The van der Waals surface area contributed by atoms with Gasteiger partial charge in [-0.3, -0.25) is 4.90 Å². The quantitative estimate of drug-likeness (QED) is 0.599. The molecule has 0 radical (unpaired) electrons. The summed E-state index contributed by atoms with van der Waals surface area (Å²) in [6.07, 6.45) is 8.47. The molecule has 188 valence electrons. The number of nitrogens with zero attached hydrogens (tertiary/aromatic N) is 5. The zero-order valence-corrected chi connectivity index (χ0v) is 20.2. The third-order valence-electron chi connectivity index (χ3n) is 6.14. The number of hydrogen-bond acceptors (Lipinski definition) is 8. The zero-order valence-electron chi connectivity index (χ0n) is 20.2. The summed E-state index contributed by atoms with van der Waals surface area (Å²) in [7, 11) is 1.96. The molecule has 0 aliphatic carbocycles. The van der Waals surface area contributed by atoms with Gasteiger partial charge in [0.2, 0.25) is 0 Å². The van der Waals surface area contributed by atoms with E-state index >= 15 is 4.39 Å². The van der Waals surface area contributed by atoms with Gasteiger partial charge < -0.3 is 19.1 Å². The number of likely N-dealkylation sites (N-methyl/N-ethyl adjacent to an activating group) is 1. The van der Waals surface area contributed by atoms with E-state index in [1.54, 1.807) is 42.0 Å². The molecule has 0 spiro atoms. The number of rotatable bonds is 6. The number of allylic oxidation sites excluding steroid dienone is 1. The Balaban J connectivity index is 1.22. The van der Waals surface area contributed by atoms with Gasteiger partial charge in [0.15, 0.2) is 6.10 Å². The molecule has 1 fully saturated rings. The number of carbonyl (C=O) groups excluding carboxylic acids is 1. The number of benzene rings is 1. The van der Waals surface area contributed by atoms with Crippen molar-refractivity contribution in [2.24, 2.45) is 5.10 Å². The maximum absolute atomic E-state index is 15.1. The molecule has 2 atom stereocenters. The van der Waals surface area contributed by atoms with Crippen molar-refractivity contribution in [1.82, 2.24) is 9.88 Å². The fraction of sp³-hybridized carbons (Fsp3) is 0.346. The molecule has 1 amide bonds. The Kier molecular flexibility index (Phi) is 6.75. The molecule has 0 saturated carbocycles. The van der Waals surface area contributed by atoms with Gasteiger partial charge in [-0.1, -0.05) is 0 Å². The standard InChI is InChI=1S/C26H28FN5O4/c1-18-3-6-21(9-12-34-18)35-16-22-15-31(26(33)36-22)20-5-7-23(24(27)13-20)19-4-8-25(28-14-19)32-11-10-30(2)17-29-32/h4-9,12-14,17-18,22H,3,10-11,15-16H2,1-2H3/t18?,22-/m1/s1. The van der Waals surface area contributed by atoms with Crippen LogP contribution in [-0.2, 0) is 14.2 Å². The molecule has 9 nitrogen and oxygen atoms in total. The Morgan fingerprint density at radius 1 is 1.22 bits per heavy atom. The van der Waals surface area contributed by atoms with E-state index in [0.717, 1.165) is 19.5 Å². The summed E-state index contributed by atoms with van der Waals surface area (Å²) in [6, 6.07) is 8.33. The number of halogens is 1. The summed E-state index contributed by atoms with van der Waals surface area (Å²) in [4.78, 5) is 20.3. The summed E-state index contributed by atoms with van der Waals surface area (Å²) < 4.78 is 31.7. The van der Waals surface area contributed by atoms with E-state index in [2.05, 4.69) is 10.1 Å².